The highest BCUT2D eigenvalue weighted by molar-refractivity contribution is 6.03. The van der Waals surface area contributed by atoms with Crippen molar-refractivity contribution in [3.05, 3.63) is 100 Å². The van der Waals surface area contributed by atoms with Crippen LogP contribution in [0.5, 0.6) is 0 Å². The molecule has 0 saturated carbocycles. The van der Waals surface area contributed by atoms with Crippen LogP contribution in [0, 0.1) is 10.1 Å². The molecule has 2 unspecified atom stereocenters. The molecular formula is C28H26N8O3. The summed E-state index contributed by atoms with van der Waals surface area (Å²) in [6.07, 6.45) is 1.20. The zero-order valence-corrected chi connectivity index (χ0v) is 21.5. The summed E-state index contributed by atoms with van der Waals surface area (Å²) in [5.41, 5.74) is 4.77. The molecule has 0 saturated heterocycles. The molecule has 1 amide bonds. The molecule has 3 aliphatic rings. The molecule has 0 radical (unpaired) electrons. The topological polar surface area (TPSA) is 119 Å². The summed E-state index contributed by atoms with van der Waals surface area (Å²) in [6, 6.07) is 23.9. The van der Waals surface area contributed by atoms with Gasteiger partial charge in [0, 0.05) is 37.6 Å². The van der Waals surface area contributed by atoms with Gasteiger partial charge in [0.2, 0.25) is 5.91 Å². The van der Waals surface area contributed by atoms with Gasteiger partial charge < -0.3 is 0 Å². The second-order valence-corrected chi connectivity index (χ2v) is 9.87. The SMILES string of the molecule is CC(=O)N1N=C(c2ccc(N3N=NCC34CC(C)=NN4c3ccccc3)cc2)CC1c1ccc([N+](=O)[O-])cc1. The van der Waals surface area contributed by atoms with E-state index < -0.39 is 10.6 Å². The maximum absolute atomic E-state index is 12.4. The lowest BCUT2D eigenvalue weighted by molar-refractivity contribution is -0.384. The Labute approximate surface area is 224 Å². The van der Waals surface area contributed by atoms with Crippen molar-refractivity contribution in [2.75, 3.05) is 16.6 Å². The van der Waals surface area contributed by atoms with Crippen molar-refractivity contribution in [3.8, 4) is 0 Å². The maximum atomic E-state index is 12.4. The molecule has 0 aromatic heterocycles. The number of anilines is 2. The van der Waals surface area contributed by atoms with E-state index in [-0.39, 0.29) is 17.6 Å². The van der Waals surface area contributed by atoms with E-state index in [4.69, 9.17) is 5.10 Å². The molecule has 39 heavy (non-hydrogen) atoms. The summed E-state index contributed by atoms with van der Waals surface area (Å²) in [5, 5.41) is 34.8. The van der Waals surface area contributed by atoms with Crippen LogP contribution in [-0.2, 0) is 4.79 Å². The molecular weight excluding hydrogens is 496 g/mol. The number of nitro benzene ring substituents is 1. The molecule has 6 rings (SSSR count). The van der Waals surface area contributed by atoms with E-state index in [9.17, 15) is 14.9 Å². The average Bonchev–Trinajstić information content (AvgIpc) is 3.66. The van der Waals surface area contributed by atoms with E-state index in [1.165, 1.54) is 24.1 Å². The molecule has 11 nitrogen and oxygen atoms in total. The van der Waals surface area contributed by atoms with Crippen molar-refractivity contribution in [2.24, 2.45) is 20.5 Å². The molecule has 0 aliphatic carbocycles. The Morgan fingerprint density at radius 1 is 0.949 bits per heavy atom. The monoisotopic (exact) mass is 522 g/mol. The molecule has 3 aliphatic heterocycles. The lowest BCUT2D eigenvalue weighted by Gasteiger charge is -2.39. The summed E-state index contributed by atoms with van der Waals surface area (Å²) < 4.78 is 0. The van der Waals surface area contributed by atoms with Crippen LogP contribution in [-0.4, -0.2) is 39.5 Å². The maximum Gasteiger partial charge on any atom is 0.269 e. The zero-order chi connectivity index (χ0) is 27.1. The van der Waals surface area contributed by atoms with Crippen molar-refractivity contribution < 1.29 is 9.72 Å². The summed E-state index contributed by atoms with van der Waals surface area (Å²) in [4.78, 5) is 23.0. The van der Waals surface area contributed by atoms with Crippen LogP contribution in [0.4, 0.5) is 17.1 Å². The van der Waals surface area contributed by atoms with Crippen LogP contribution in [0.1, 0.15) is 43.9 Å². The second-order valence-electron chi connectivity index (χ2n) is 9.87. The fourth-order valence-corrected chi connectivity index (χ4v) is 5.44. The van der Waals surface area contributed by atoms with Gasteiger partial charge in [-0.1, -0.05) is 47.7 Å². The minimum Gasteiger partial charge on any atom is -0.273 e. The highest BCUT2D eigenvalue weighted by atomic mass is 16.6. The number of nitro groups is 1. The Morgan fingerprint density at radius 2 is 1.64 bits per heavy atom. The second kappa shape index (κ2) is 9.43. The van der Waals surface area contributed by atoms with E-state index in [1.807, 2.05) is 71.5 Å². The first-order valence-corrected chi connectivity index (χ1v) is 12.6. The Balaban J connectivity index is 1.26. The quantitative estimate of drug-likeness (QED) is 0.325. The van der Waals surface area contributed by atoms with E-state index in [2.05, 4.69) is 15.4 Å². The Bertz CT molecular complexity index is 1520. The third kappa shape index (κ3) is 4.21. The summed E-state index contributed by atoms with van der Waals surface area (Å²) in [7, 11) is 0. The molecule has 196 valence electrons. The van der Waals surface area contributed by atoms with Gasteiger partial charge >= 0.3 is 0 Å². The number of carbonyl (C=O) groups is 1. The smallest absolute Gasteiger partial charge is 0.269 e. The lowest BCUT2D eigenvalue weighted by atomic mass is 9.97. The van der Waals surface area contributed by atoms with Crippen LogP contribution in [0.25, 0.3) is 0 Å². The first-order valence-electron chi connectivity index (χ1n) is 12.6. The average molecular weight is 523 g/mol. The standard InChI is InChI=1S/C28H26N8O3/c1-19-17-28(34(30-19)23-6-4-3-5-7-23)18-29-32-35(28)24-12-8-21(9-13-24)26-16-27(33(31-26)20(2)37)22-10-14-25(15-11-22)36(38)39/h3-15,27H,16-18H2,1-2H3. The number of carbonyl (C=O) groups excluding carboxylic acids is 1. The van der Waals surface area contributed by atoms with Crippen LogP contribution >= 0.6 is 0 Å². The highest BCUT2D eigenvalue weighted by Gasteiger charge is 2.51. The molecule has 0 fully saturated rings. The van der Waals surface area contributed by atoms with Gasteiger partial charge in [0.1, 0.15) is 6.54 Å². The van der Waals surface area contributed by atoms with Gasteiger partial charge in [-0.05, 0) is 42.3 Å². The third-order valence-electron chi connectivity index (χ3n) is 7.24. The molecule has 3 heterocycles. The van der Waals surface area contributed by atoms with Gasteiger partial charge in [0.25, 0.3) is 5.69 Å². The van der Waals surface area contributed by atoms with E-state index >= 15 is 0 Å². The lowest BCUT2D eigenvalue weighted by Crippen LogP contribution is -2.55. The number of hydrazone groups is 2. The number of rotatable bonds is 5. The fourth-order valence-electron chi connectivity index (χ4n) is 5.44. The number of hydrogen-bond acceptors (Lipinski definition) is 9. The van der Waals surface area contributed by atoms with Gasteiger partial charge in [-0.25, -0.2) is 15.0 Å². The molecule has 0 N–H and O–H groups in total. The normalized spacial score (nSPS) is 22.0. The number of hydrogen-bond donors (Lipinski definition) is 0. The predicted molar refractivity (Wildman–Crippen MR) is 148 cm³/mol. The van der Waals surface area contributed by atoms with E-state index in [1.54, 1.807) is 12.1 Å². The fraction of sp³-hybridized carbons (Fsp3) is 0.250. The Kier molecular flexibility index (Phi) is 5.90. The van der Waals surface area contributed by atoms with Gasteiger partial charge in [-0.15, -0.1) is 0 Å². The van der Waals surface area contributed by atoms with Crippen LogP contribution in [0.2, 0.25) is 0 Å². The summed E-state index contributed by atoms with van der Waals surface area (Å²) in [5.74, 6) is -0.193. The summed E-state index contributed by atoms with van der Waals surface area (Å²) >= 11 is 0. The number of non-ortho nitro benzene ring substituents is 1. The van der Waals surface area contributed by atoms with Gasteiger partial charge in [0.05, 0.1) is 28.1 Å². The highest BCUT2D eigenvalue weighted by Crippen LogP contribution is 2.42. The summed E-state index contributed by atoms with van der Waals surface area (Å²) in [6.45, 7) is 3.97. The van der Waals surface area contributed by atoms with Crippen LogP contribution in [0.15, 0.2) is 99.4 Å². The molecule has 1 spiro atoms. The number of nitrogens with zero attached hydrogens (tertiary/aromatic N) is 8. The third-order valence-corrected chi connectivity index (χ3v) is 7.24. The minimum atomic E-state index is -0.551. The predicted octanol–water partition coefficient (Wildman–Crippen LogP) is 5.46. The van der Waals surface area contributed by atoms with Crippen LogP contribution < -0.4 is 10.0 Å². The molecule has 3 aromatic carbocycles. The molecule has 11 heteroatoms. The first kappa shape index (κ1) is 24.4. The van der Waals surface area contributed by atoms with Crippen molar-refractivity contribution in [1.29, 1.82) is 0 Å². The molecule has 0 bridgehead atoms. The van der Waals surface area contributed by atoms with Crippen molar-refractivity contribution in [3.63, 3.8) is 0 Å². The van der Waals surface area contributed by atoms with Crippen molar-refractivity contribution >= 4 is 34.4 Å². The van der Waals surface area contributed by atoms with Gasteiger partial charge in [-0.2, -0.15) is 15.3 Å². The van der Waals surface area contributed by atoms with Gasteiger partial charge in [0.15, 0.2) is 5.66 Å². The van der Waals surface area contributed by atoms with Gasteiger partial charge in [-0.3, -0.25) is 14.9 Å². The zero-order valence-electron chi connectivity index (χ0n) is 21.5. The molecule has 3 aromatic rings. The number of amides is 1. The largest absolute Gasteiger partial charge is 0.273 e. The van der Waals surface area contributed by atoms with Crippen molar-refractivity contribution in [2.45, 2.75) is 38.4 Å². The Morgan fingerprint density at radius 3 is 2.31 bits per heavy atom. The van der Waals surface area contributed by atoms with Crippen molar-refractivity contribution in [1.82, 2.24) is 5.01 Å². The van der Waals surface area contributed by atoms with E-state index in [0.29, 0.717) is 19.4 Å². The number of para-hydroxylation sites is 1. The van der Waals surface area contributed by atoms with Crippen LogP contribution in [0.3, 0.4) is 0 Å². The molecule has 2 atom stereocenters. The Hall–Kier alpha value is -4.93. The van der Waals surface area contributed by atoms with E-state index in [0.717, 1.165) is 33.9 Å². The number of benzene rings is 3. The minimum absolute atomic E-state index is 0.00775. The first-order chi connectivity index (χ1) is 18.9.